The molecule has 9 nitrogen and oxygen atoms in total. The number of carbonyl (C=O) groups is 3. The molecular weight excluding hydrogens is 467 g/mol. The minimum Gasteiger partial charge on any atom is -0.380 e. The summed E-state index contributed by atoms with van der Waals surface area (Å²) in [6.07, 6.45) is -4.15. The molecule has 5 atom stereocenters. The molecule has 1 saturated heterocycles. The van der Waals surface area contributed by atoms with E-state index in [-0.39, 0.29) is 36.4 Å². The first-order valence-electron chi connectivity index (χ1n) is 11.5. The van der Waals surface area contributed by atoms with Crippen LogP contribution in [0.5, 0.6) is 0 Å². The summed E-state index contributed by atoms with van der Waals surface area (Å²) in [4.78, 5) is 38.9. The number of carbonyl (C=O) groups excluding carboxylic acids is 3. The van der Waals surface area contributed by atoms with Crippen LogP contribution in [0.4, 0.5) is 18.9 Å². The number of nitrogens with one attached hydrogen (secondary N) is 3. The standard InChI is InChI=1S/C23H28F3N5O4/c24-23(25,26)22(35)7-3-4-13(10-22)30-21(34)17-9-12-8-16(12)31(17)18(32)11-29-15-6-2-1-5-14(15)19(27)20(28)33/h1-2,5-6,12-13,16-17,27,29,35H,3-4,7-11H2,(H2,28,33)(H,30,34)/t12-,13?,16-,17+,22?/m1/s1. The second-order valence-electron chi connectivity index (χ2n) is 9.59. The summed E-state index contributed by atoms with van der Waals surface area (Å²) in [6, 6.07) is 4.68. The lowest BCUT2D eigenvalue weighted by Crippen LogP contribution is -2.56. The zero-order valence-corrected chi connectivity index (χ0v) is 18.9. The first-order valence-corrected chi connectivity index (χ1v) is 11.5. The molecule has 1 aliphatic heterocycles. The second-order valence-corrected chi connectivity index (χ2v) is 9.59. The Bertz CT molecular complexity index is 1050. The number of piperidine rings is 1. The lowest BCUT2D eigenvalue weighted by Gasteiger charge is -2.39. The maximum absolute atomic E-state index is 13.2. The number of halogens is 3. The SMILES string of the molecule is N=C(C(N)=O)c1ccccc1NCC(=O)N1[C@@H]2C[C@@H]2C[C@H]1C(=O)NC1CCCC(O)(C(F)(F)F)C1. The number of nitrogens with zero attached hydrogens (tertiary/aromatic N) is 1. The third-order valence-electron chi connectivity index (χ3n) is 7.17. The number of hydrogen-bond donors (Lipinski definition) is 5. The van der Waals surface area contributed by atoms with Gasteiger partial charge in [-0.05, 0) is 44.1 Å². The number of benzene rings is 1. The van der Waals surface area contributed by atoms with Gasteiger partial charge in [-0.1, -0.05) is 18.2 Å². The molecule has 4 rings (SSSR count). The number of para-hydroxylation sites is 1. The predicted octanol–water partition coefficient (Wildman–Crippen LogP) is 1.29. The molecule has 35 heavy (non-hydrogen) atoms. The van der Waals surface area contributed by atoms with Gasteiger partial charge in [0.25, 0.3) is 5.91 Å². The molecule has 2 aliphatic carbocycles. The molecule has 2 unspecified atom stereocenters. The maximum Gasteiger partial charge on any atom is 0.417 e. The van der Waals surface area contributed by atoms with E-state index in [9.17, 15) is 32.7 Å². The van der Waals surface area contributed by atoms with Crippen LogP contribution in [0.1, 0.15) is 44.1 Å². The average molecular weight is 496 g/mol. The molecule has 0 bridgehead atoms. The fraction of sp³-hybridized carbons (Fsp3) is 0.565. The Morgan fingerprint density at radius 3 is 2.63 bits per heavy atom. The van der Waals surface area contributed by atoms with Gasteiger partial charge in [0.1, 0.15) is 11.8 Å². The number of fused-ring (bicyclic) bond motifs is 1. The van der Waals surface area contributed by atoms with Crippen molar-refractivity contribution >= 4 is 29.1 Å². The zero-order valence-electron chi connectivity index (χ0n) is 18.9. The molecule has 3 fully saturated rings. The van der Waals surface area contributed by atoms with Gasteiger partial charge < -0.3 is 26.4 Å². The molecule has 3 aliphatic rings. The number of aliphatic hydroxyl groups is 1. The molecular formula is C23H28F3N5O4. The van der Waals surface area contributed by atoms with Crippen LogP contribution in [0.2, 0.25) is 0 Å². The van der Waals surface area contributed by atoms with Gasteiger partial charge in [-0.25, -0.2) is 0 Å². The maximum atomic E-state index is 13.2. The monoisotopic (exact) mass is 495 g/mol. The fourth-order valence-corrected chi connectivity index (χ4v) is 5.23. The lowest BCUT2D eigenvalue weighted by molar-refractivity contribution is -0.271. The van der Waals surface area contributed by atoms with Crippen LogP contribution in [0.3, 0.4) is 0 Å². The van der Waals surface area contributed by atoms with E-state index in [2.05, 4.69) is 10.6 Å². The van der Waals surface area contributed by atoms with Gasteiger partial charge in [0.2, 0.25) is 11.8 Å². The fourth-order valence-electron chi connectivity index (χ4n) is 5.23. The first-order chi connectivity index (χ1) is 16.4. The number of rotatable bonds is 7. The van der Waals surface area contributed by atoms with E-state index >= 15 is 0 Å². The normalized spacial score (nSPS) is 29.8. The molecule has 12 heteroatoms. The predicted molar refractivity (Wildman–Crippen MR) is 120 cm³/mol. The van der Waals surface area contributed by atoms with E-state index in [0.29, 0.717) is 18.5 Å². The number of primary amides is 1. The van der Waals surface area contributed by atoms with Crippen molar-refractivity contribution in [3.05, 3.63) is 29.8 Å². The van der Waals surface area contributed by atoms with Crippen molar-refractivity contribution in [2.45, 2.75) is 68.4 Å². The summed E-state index contributed by atoms with van der Waals surface area (Å²) in [6.45, 7) is -0.201. The van der Waals surface area contributed by atoms with Crippen molar-refractivity contribution in [3.63, 3.8) is 0 Å². The molecule has 190 valence electrons. The zero-order chi connectivity index (χ0) is 25.5. The van der Waals surface area contributed by atoms with Gasteiger partial charge in [0.15, 0.2) is 5.60 Å². The molecule has 3 amide bonds. The van der Waals surface area contributed by atoms with Crippen molar-refractivity contribution in [3.8, 4) is 0 Å². The number of anilines is 1. The van der Waals surface area contributed by atoms with Gasteiger partial charge in [0, 0.05) is 29.8 Å². The van der Waals surface area contributed by atoms with Crippen LogP contribution < -0.4 is 16.4 Å². The third-order valence-corrected chi connectivity index (χ3v) is 7.17. The second kappa shape index (κ2) is 9.14. The number of alkyl halides is 3. The molecule has 0 spiro atoms. The van der Waals surface area contributed by atoms with Crippen LogP contribution in [0.25, 0.3) is 0 Å². The van der Waals surface area contributed by atoms with E-state index in [1.807, 2.05) is 0 Å². The molecule has 2 saturated carbocycles. The van der Waals surface area contributed by atoms with Crippen LogP contribution in [-0.4, -0.2) is 69.9 Å². The third kappa shape index (κ3) is 4.97. The van der Waals surface area contributed by atoms with Crippen molar-refractivity contribution in [1.82, 2.24) is 10.2 Å². The van der Waals surface area contributed by atoms with E-state index < -0.39 is 54.2 Å². The first kappa shape index (κ1) is 25.0. The van der Waals surface area contributed by atoms with Gasteiger partial charge in [-0.15, -0.1) is 0 Å². The Kier molecular flexibility index (Phi) is 6.52. The summed E-state index contributed by atoms with van der Waals surface area (Å²) < 4.78 is 39.7. The van der Waals surface area contributed by atoms with Crippen molar-refractivity contribution in [2.75, 3.05) is 11.9 Å². The topological polar surface area (TPSA) is 149 Å². The van der Waals surface area contributed by atoms with E-state index in [1.54, 1.807) is 18.2 Å². The highest BCUT2D eigenvalue weighted by Gasteiger charge is 2.58. The molecule has 1 aromatic carbocycles. The van der Waals surface area contributed by atoms with Gasteiger partial charge in [-0.3, -0.25) is 19.8 Å². The molecule has 0 radical (unpaired) electrons. The minimum atomic E-state index is -4.78. The highest BCUT2D eigenvalue weighted by molar-refractivity contribution is 6.44. The van der Waals surface area contributed by atoms with E-state index in [4.69, 9.17) is 11.1 Å². The summed E-state index contributed by atoms with van der Waals surface area (Å²) in [5, 5.41) is 23.4. The van der Waals surface area contributed by atoms with E-state index in [1.165, 1.54) is 11.0 Å². The largest absolute Gasteiger partial charge is 0.417 e. The van der Waals surface area contributed by atoms with Gasteiger partial charge >= 0.3 is 6.18 Å². The lowest BCUT2D eigenvalue weighted by atomic mass is 9.81. The number of hydrogen-bond acceptors (Lipinski definition) is 6. The average Bonchev–Trinajstić information content (AvgIpc) is 3.45. The molecule has 1 aromatic rings. The highest BCUT2D eigenvalue weighted by Crippen LogP contribution is 2.48. The quantitative estimate of drug-likeness (QED) is 0.362. The van der Waals surface area contributed by atoms with Crippen LogP contribution in [-0.2, 0) is 14.4 Å². The Morgan fingerprint density at radius 2 is 1.94 bits per heavy atom. The Labute approximate surface area is 199 Å². The highest BCUT2D eigenvalue weighted by atomic mass is 19.4. The Hall–Kier alpha value is -3.15. The molecule has 6 N–H and O–H groups in total. The van der Waals surface area contributed by atoms with Crippen LogP contribution >= 0.6 is 0 Å². The van der Waals surface area contributed by atoms with Crippen molar-refractivity contribution in [2.24, 2.45) is 11.7 Å². The van der Waals surface area contributed by atoms with Crippen molar-refractivity contribution < 1.29 is 32.7 Å². The number of amides is 3. The van der Waals surface area contributed by atoms with Crippen molar-refractivity contribution in [1.29, 1.82) is 5.41 Å². The smallest absolute Gasteiger partial charge is 0.380 e. The number of nitrogens with two attached hydrogens (primary N) is 1. The molecule has 0 aromatic heterocycles. The van der Waals surface area contributed by atoms with Crippen LogP contribution in [0, 0.1) is 11.3 Å². The Morgan fingerprint density at radius 1 is 1.23 bits per heavy atom. The minimum absolute atomic E-state index is 0.0994. The summed E-state index contributed by atoms with van der Waals surface area (Å²) in [5.74, 6) is -1.63. The summed E-state index contributed by atoms with van der Waals surface area (Å²) in [5.41, 5.74) is 2.56. The summed E-state index contributed by atoms with van der Waals surface area (Å²) in [7, 11) is 0. The van der Waals surface area contributed by atoms with Crippen LogP contribution in [0.15, 0.2) is 24.3 Å². The number of likely N-dealkylation sites (tertiary alicyclic amines) is 1. The molecule has 1 heterocycles. The van der Waals surface area contributed by atoms with Gasteiger partial charge in [0.05, 0.1) is 6.54 Å². The van der Waals surface area contributed by atoms with Gasteiger partial charge in [-0.2, -0.15) is 13.2 Å². The van der Waals surface area contributed by atoms with E-state index in [0.717, 1.165) is 6.42 Å². The Balaban J connectivity index is 1.40. The summed E-state index contributed by atoms with van der Waals surface area (Å²) >= 11 is 0.